The van der Waals surface area contributed by atoms with Crippen LogP contribution in [0, 0.1) is 5.92 Å². The molecule has 4 nitrogen and oxygen atoms in total. The average Bonchev–Trinajstić information content (AvgIpc) is 2.54. The molecular weight excluding hydrogens is 328 g/mol. The molecule has 0 bridgehead atoms. The lowest BCUT2D eigenvalue weighted by Crippen LogP contribution is -2.18. The van der Waals surface area contributed by atoms with Crippen molar-refractivity contribution in [3.8, 4) is 11.5 Å². The lowest BCUT2D eigenvalue weighted by molar-refractivity contribution is -0.0446. The van der Waals surface area contributed by atoms with E-state index in [1.165, 1.54) is 5.57 Å². The van der Waals surface area contributed by atoms with Crippen molar-refractivity contribution in [2.75, 3.05) is 0 Å². The Morgan fingerprint density at radius 1 is 1.27 bits per heavy atom. The molecule has 0 saturated carbocycles. The van der Waals surface area contributed by atoms with Gasteiger partial charge in [-0.25, -0.2) is 0 Å². The minimum atomic E-state index is -1.78. The number of aryl methyl sites for hydroxylation is 1. The first-order valence-electron chi connectivity index (χ1n) is 9.54. The molecule has 4 heteroatoms. The second kappa shape index (κ2) is 8.74. The Bertz CT molecular complexity index is 688. The number of rotatable bonds is 7. The zero-order valence-corrected chi connectivity index (χ0v) is 16.1. The molecule has 0 radical (unpaired) electrons. The van der Waals surface area contributed by atoms with Crippen molar-refractivity contribution in [1.29, 1.82) is 0 Å². The Morgan fingerprint density at radius 3 is 2.54 bits per heavy atom. The molecule has 0 heterocycles. The van der Waals surface area contributed by atoms with Gasteiger partial charge in [0.05, 0.1) is 5.56 Å². The van der Waals surface area contributed by atoms with Crippen molar-refractivity contribution in [1.82, 2.24) is 0 Å². The molecule has 1 aromatic rings. The first-order chi connectivity index (χ1) is 12.3. The summed E-state index contributed by atoms with van der Waals surface area (Å²) in [4.78, 5) is 0. The highest BCUT2D eigenvalue weighted by molar-refractivity contribution is 5.57. The molecule has 0 amide bonds. The van der Waals surface area contributed by atoms with Crippen LogP contribution < -0.4 is 0 Å². The first kappa shape index (κ1) is 20.5. The fourth-order valence-electron chi connectivity index (χ4n) is 4.03. The van der Waals surface area contributed by atoms with Crippen LogP contribution in [-0.4, -0.2) is 20.4 Å². The number of unbranched alkanes of at least 4 members (excludes halogenated alkanes) is 2. The third-order valence-electron chi connectivity index (χ3n) is 5.46. The largest absolute Gasteiger partial charge is 0.507 e. The Labute approximate surface area is 156 Å². The minimum absolute atomic E-state index is 0.0144. The summed E-state index contributed by atoms with van der Waals surface area (Å²) in [6.07, 6.45) is 5.64. The molecule has 1 aliphatic carbocycles. The van der Waals surface area contributed by atoms with Gasteiger partial charge in [0.15, 0.2) is 6.29 Å². The molecular formula is C22H32O4. The normalized spacial score (nSPS) is 20.3. The van der Waals surface area contributed by atoms with Crippen molar-refractivity contribution in [3.63, 3.8) is 0 Å². The molecule has 1 aliphatic rings. The van der Waals surface area contributed by atoms with E-state index >= 15 is 0 Å². The Kier molecular flexibility index (Phi) is 6.90. The van der Waals surface area contributed by atoms with E-state index in [1.54, 1.807) is 6.07 Å². The molecule has 0 fully saturated rings. The van der Waals surface area contributed by atoms with E-state index in [2.05, 4.69) is 19.6 Å². The first-order valence-corrected chi connectivity index (χ1v) is 9.54. The fraction of sp³-hybridized carbons (Fsp3) is 0.545. The van der Waals surface area contributed by atoms with E-state index in [9.17, 15) is 20.4 Å². The van der Waals surface area contributed by atoms with Crippen LogP contribution in [0.1, 0.15) is 81.8 Å². The summed E-state index contributed by atoms with van der Waals surface area (Å²) in [5.41, 5.74) is 3.28. The van der Waals surface area contributed by atoms with E-state index in [4.69, 9.17) is 0 Å². The van der Waals surface area contributed by atoms with Crippen LogP contribution in [0.15, 0.2) is 29.9 Å². The number of aliphatic hydroxyl groups excluding tert-OH is 1. The van der Waals surface area contributed by atoms with Crippen molar-refractivity contribution in [2.45, 2.75) is 71.5 Å². The SMILES string of the molecule is C=C(C)[C@@H]1CCC(C)=CC1c1c(O)cc(CCCCC)c(C(O)O)c1O. The summed E-state index contributed by atoms with van der Waals surface area (Å²) >= 11 is 0. The van der Waals surface area contributed by atoms with E-state index in [0.717, 1.165) is 37.7 Å². The van der Waals surface area contributed by atoms with Crippen molar-refractivity contribution in [2.24, 2.45) is 5.92 Å². The number of aromatic hydroxyl groups is 2. The zero-order valence-electron chi connectivity index (χ0n) is 16.1. The minimum Gasteiger partial charge on any atom is -0.507 e. The van der Waals surface area contributed by atoms with Gasteiger partial charge in [-0.15, -0.1) is 0 Å². The third kappa shape index (κ3) is 4.30. The van der Waals surface area contributed by atoms with Crippen LogP contribution in [0.3, 0.4) is 0 Å². The van der Waals surface area contributed by atoms with Crippen molar-refractivity contribution in [3.05, 3.63) is 46.6 Å². The highest BCUT2D eigenvalue weighted by Crippen LogP contribution is 2.48. The van der Waals surface area contributed by atoms with Gasteiger partial charge in [0.1, 0.15) is 11.5 Å². The van der Waals surface area contributed by atoms with Crippen LogP contribution in [-0.2, 0) is 6.42 Å². The highest BCUT2D eigenvalue weighted by Gasteiger charge is 2.32. The van der Waals surface area contributed by atoms with E-state index < -0.39 is 6.29 Å². The average molecular weight is 360 g/mol. The van der Waals surface area contributed by atoms with Gasteiger partial charge in [-0.2, -0.15) is 0 Å². The summed E-state index contributed by atoms with van der Waals surface area (Å²) < 4.78 is 0. The van der Waals surface area contributed by atoms with Gasteiger partial charge in [0, 0.05) is 11.5 Å². The summed E-state index contributed by atoms with van der Waals surface area (Å²) in [5.74, 6) is -0.303. The predicted octanol–water partition coefficient (Wildman–Crippen LogP) is 4.83. The maximum atomic E-state index is 10.9. The van der Waals surface area contributed by atoms with Gasteiger partial charge in [0.25, 0.3) is 0 Å². The molecule has 2 atom stereocenters. The Balaban J connectivity index is 2.56. The molecule has 1 aromatic carbocycles. The third-order valence-corrected chi connectivity index (χ3v) is 5.46. The summed E-state index contributed by atoms with van der Waals surface area (Å²) in [6.45, 7) is 10.2. The Morgan fingerprint density at radius 2 is 1.96 bits per heavy atom. The van der Waals surface area contributed by atoms with Crippen LogP contribution in [0.25, 0.3) is 0 Å². The van der Waals surface area contributed by atoms with Gasteiger partial charge in [-0.05, 0) is 57.1 Å². The van der Waals surface area contributed by atoms with E-state index in [1.807, 2.05) is 13.8 Å². The monoisotopic (exact) mass is 360 g/mol. The number of benzene rings is 1. The van der Waals surface area contributed by atoms with Gasteiger partial charge < -0.3 is 20.4 Å². The topological polar surface area (TPSA) is 80.9 Å². The highest BCUT2D eigenvalue weighted by atomic mass is 16.5. The number of hydrogen-bond acceptors (Lipinski definition) is 4. The summed E-state index contributed by atoms with van der Waals surface area (Å²) in [6, 6.07) is 1.59. The smallest absolute Gasteiger partial charge is 0.182 e. The second-order valence-corrected chi connectivity index (χ2v) is 7.59. The molecule has 4 N–H and O–H groups in total. The maximum Gasteiger partial charge on any atom is 0.182 e. The Hall–Kier alpha value is -1.78. The lowest BCUT2D eigenvalue weighted by Gasteiger charge is -2.32. The molecule has 1 unspecified atom stereocenters. The number of allylic oxidation sites excluding steroid dienone is 3. The predicted molar refractivity (Wildman–Crippen MR) is 104 cm³/mol. The summed E-state index contributed by atoms with van der Waals surface area (Å²) in [7, 11) is 0. The second-order valence-electron chi connectivity index (χ2n) is 7.59. The lowest BCUT2D eigenvalue weighted by atomic mass is 9.73. The van der Waals surface area contributed by atoms with E-state index in [-0.39, 0.29) is 28.9 Å². The molecule has 26 heavy (non-hydrogen) atoms. The van der Waals surface area contributed by atoms with E-state index in [0.29, 0.717) is 17.5 Å². The van der Waals surface area contributed by atoms with Gasteiger partial charge in [0.2, 0.25) is 0 Å². The molecule has 0 spiro atoms. The van der Waals surface area contributed by atoms with Crippen molar-refractivity contribution < 1.29 is 20.4 Å². The van der Waals surface area contributed by atoms with Gasteiger partial charge in [-0.3, -0.25) is 0 Å². The number of aliphatic hydroxyl groups is 2. The molecule has 0 aromatic heterocycles. The van der Waals surface area contributed by atoms with Gasteiger partial charge in [-0.1, -0.05) is 43.6 Å². The van der Waals surface area contributed by atoms with Crippen molar-refractivity contribution >= 4 is 0 Å². The van der Waals surface area contributed by atoms with Crippen LogP contribution in [0.2, 0.25) is 0 Å². The number of phenolic OH excluding ortho intramolecular Hbond substituents is 2. The van der Waals surface area contributed by atoms with Crippen LogP contribution >= 0.6 is 0 Å². The maximum absolute atomic E-state index is 10.9. The number of phenols is 2. The van der Waals surface area contributed by atoms with Crippen LogP contribution in [0.4, 0.5) is 0 Å². The molecule has 0 saturated heterocycles. The molecule has 0 aliphatic heterocycles. The molecule has 2 rings (SSSR count). The zero-order chi connectivity index (χ0) is 19.4. The quantitative estimate of drug-likeness (QED) is 0.319. The fourth-order valence-corrected chi connectivity index (χ4v) is 4.03. The van der Waals surface area contributed by atoms with Crippen LogP contribution in [0.5, 0.6) is 11.5 Å². The number of hydrogen-bond donors (Lipinski definition) is 4. The summed E-state index contributed by atoms with van der Waals surface area (Å²) in [5, 5.41) is 41.3. The standard InChI is InChI=1S/C22H32O4/c1-5-6-7-8-15-12-18(23)20(21(24)19(15)22(25)26)17-11-14(4)9-10-16(17)13(2)3/h11-12,16-17,22-26H,2,5-10H2,1,3-4H3/t16-,17?/m0/s1. The van der Waals surface area contributed by atoms with Gasteiger partial charge >= 0.3 is 0 Å². The molecule has 144 valence electrons.